The third-order valence-corrected chi connectivity index (χ3v) is 6.48. The number of rotatable bonds is 5. The van der Waals surface area contributed by atoms with Gasteiger partial charge in [-0.3, -0.25) is 14.4 Å². The van der Waals surface area contributed by atoms with Gasteiger partial charge in [0.05, 0.1) is 5.56 Å². The lowest BCUT2D eigenvalue weighted by Crippen LogP contribution is -2.29. The number of benzene rings is 1. The highest BCUT2D eigenvalue weighted by Crippen LogP contribution is 2.40. The molecule has 1 unspecified atom stereocenters. The maximum atomic E-state index is 12.8. The van der Waals surface area contributed by atoms with Crippen molar-refractivity contribution in [1.29, 1.82) is 0 Å². The van der Waals surface area contributed by atoms with Crippen molar-refractivity contribution in [2.45, 2.75) is 40.0 Å². The van der Waals surface area contributed by atoms with Gasteiger partial charge in [0.15, 0.2) is 0 Å². The Morgan fingerprint density at radius 2 is 1.83 bits per heavy atom. The smallest absolute Gasteiger partial charge is 0.322 e. The van der Waals surface area contributed by atoms with Crippen molar-refractivity contribution in [3.63, 3.8) is 0 Å². The lowest BCUT2D eigenvalue weighted by atomic mass is 9.72. The van der Waals surface area contributed by atoms with E-state index in [2.05, 4.69) is 31.4 Å². The Balaban J connectivity index is 1.65. The molecule has 0 bridgehead atoms. The number of aliphatic carboxylic acids is 1. The second-order valence-electron chi connectivity index (χ2n) is 8.46. The Bertz CT molecular complexity index is 925. The van der Waals surface area contributed by atoms with Crippen LogP contribution in [-0.4, -0.2) is 29.4 Å². The summed E-state index contributed by atoms with van der Waals surface area (Å²) in [6.07, 6.45) is 3.04. The third-order valence-electron chi connectivity index (χ3n) is 5.43. The predicted molar refractivity (Wildman–Crippen MR) is 114 cm³/mol. The van der Waals surface area contributed by atoms with Crippen LogP contribution in [0.2, 0.25) is 0 Å². The van der Waals surface area contributed by atoms with E-state index in [1.807, 2.05) is 5.38 Å². The maximum Gasteiger partial charge on any atom is 0.322 e. The molecule has 1 atom stereocenters. The molecule has 0 saturated heterocycles. The molecule has 0 spiro atoms. The predicted octanol–water partition coefficient (Wildman–Crippen LogP) is 3.97. The van der Waals surface area contributed by atoms with Crippen molar-refractivity contribution in [3.05, 3.63) is 51.2 Å². The quantitative estimate of drug-likeness (QED) is 0.690. The minimum Gasteiger partial charge on any atom is -0.480 e. The first-order valence-electron chi connectivity index (χ1n) is 9.66. The lowest BCUT2D eigenvalue weighted by Gasteiger charge is -2.34. The van der Waals surface area contributed by atoms with Crippen molar-refractivity contribution >= 4 is 34.8 Å². The Morgan fingerprint density at radius 1 is 1.14 bits per heavy atom. The molecule has 0 aliphatic heterocycles. The van der Waals surface area contributed by atoms with Gasteiger partial charge < -0.3 is 15.7 Å². The zero-order valence-corrected chi connectivity index (χ0v) is 17.7. The number of carbonyl (C=O) groups excluding carboxylic acids is 2. The van der Waals surface area contributed by atoms with E-state index in [1.54, 1.807) is 35.6 Å². The van der Waals surface area contributed by atoms with E-state index in [1.165, 1.54) is 4.88 Å². The van der Waals surface area contributed by atoms with Crippen molar-refractivity contribution < 1.29 is 19.5 Å². The van der Waals surface area contributed by atoms with Gasteiger partial charge in [0.1, 0.15) is 6.54 Å². The number of carboxylic acid groups (broad SMARTS) is 1. The number of fused-ring (bicyclic) bond motifs is 1. The van der Waals surface area contributed by atoms with Gasteiger partial charge in [-0.25, -0.2) is 0 Å². The van der Waals surface area contributed by atoms with Crippen LogP contribution in [0.15, 0.2) is 29.6 Å². The number of thiophene rings is 1. The molecule has 1 aliphatic carbocycles. The van der Waals surface area contributed by atoms with Crippen LogP contribution >= 0.6 is 11.3 Å². The van der Waals surface area contributed by atoms with E-state index in [0.29, 0.717) is 17.2 Å². The van der Waals surface area contributed by atoms with Crippen LogP contribution in [0.25, 0.3) is 0 Å². The topological polar surface area (TPSA) is 95.5 Å². The number of hydrogen-bond acceptors (Lipinski definition) is 4. The maximum absolute atomic E-state index is 12.8. The molecule has 6 nitrogen and oxygen atoms in total. The number of hydrogen-bond donors (Lipinski definition) is 3. The minimum atomic E-state index is -1.10. The van der Waals surface area contributed by atoms with Gasteiger partial charge >= 0.3 is 5.97 Å². The van der Waals surface area contributed by atoms with Gasteiger partial charge in [-0.15, -0.1) is 11.3 Å². The summed E-state index contributed by atoms with van der Waals surface area (Å²) in [7, 11) is 0. The van der Waals surface area contributed by atoms with Crippen LogP contribution in [0.1, 0.15) is 58.3 Å². The molecular weight excluding hydrogens is 388 g/mol. The molecule has 1 aromatic heterocycles. The van der Waals surface area contributed by atoms with Crippen LogP contribution in [-0.2, 0) is 17.6 Å². The Labute approximate surface area is 174 Å². The number of amides is 2. The highest BCUT2D eigenvalue weighted by atomic mass is 32.1. The number of anilines is 1. The second kappa shape index (κ2) is 8.37. The summed E-state index contributed by atoms with van der Waals surface area (Å²) in [5, 5.41) is 15.8. The highest BCUT2D eigenvalue weighted by Gasteiger charge is 2.31. The average molecular weight is 415 g/mol. The molecule has 0 saturated carbocycles. The molecule has 1 aliphatic rings. The van der Waals surface area contributed by atoms with E-state index in [0.717, 1.165) is 30.4 Å². The van der Waals surface area contributed by atoms with Crippen LogP contribution in [0, 0.1) is 11.3 Å². The minimum absolute atomic E-state index is 0.139. The van der Waals surface area contributed by atoms with Crippen molar-refractivity contribution in [2.24, 2.45) is 11.3 Å². The summed E-state index contributed by atoms with van der Waals surface area (Å²) in [4.78, 5) is 36.5. The molecule has 2 aromatic rings. The second-order valence-corrected chi connectivity index (χ2v) is 9.43. The SMILES string of the molecule is CC(C)(C)C1CCc2c(C(=O)Nc3ccc(C(=O)NCC(=O)O)cc3)csc2C1. The van der Waals surface area contributed by atoms with Crippen LogP contribution in [0.5, 0.6) is 0 Å². The van der Waals surface area contributed by atoms with Gasteiger partial charge in [0.2, 0.25) is 0 Å². The van der Waals surface area contributed by atoms with Crippen molar-refractivity contribution in [3.8, 4) is 0 Å². The number of nitrogens with one attached hydrogen (secondary N) is 2. The molecule has 0 fully saturated rings. The summed E-state index contributed by atoms with van der Waals surface area (Å²) < 4.78 is 0. The molecule has 0 radical (unpaired) electrons. The summed E-state index contributed by atoms with van der Waals surface area (Å²) in [5.74, 6) is -1.08. The molecule has 2 amide bonds. The number of carbonyl (C=O) groups is 3. The largest absolute Gasteiger partial charge is 0.480 e. The molecular formula is C22H26N2O4S. The van der Waals surface area contributed by atoms with E-state index in [9.17, 15) is 14.4 Å². The fraction of sp³-hybridized carbons (Fsp3) is 0.409. The zero-order valence-electron chi connectivity index (χ0n) is 16.9. The summed E-state index contributed by atoms with van der Waals surface area (Å²) in [5.41, 5.74) is 3.10. The summed E-state index contributed by atoms with van der Waals surface area (Å²) in [6.45, 7) is 6.39. The van der Waals surface area contributed by atoms with Crippen molar-refractivity contribution in [2.75, 3.05) is 11.9 Å². The van der Waals surface area contributed by atoms with E-state index in [-0.39, 0.29) is 11.3 Å². The van der Waals surface area contributed by atoms with Crippen LogP contribution < -0.4 is 10.6 Å². The first kappa shape index (κ1) is 21.0. The Kier molecular flexibility index (Phi) is 6.07. The molecule has 3 rings (SSSR count). The fourth-order valence-corrected chi connectivity index (χ4v) is 4.76. The van der Waals surface area contributed by atoms with Gasteiger partial charge in [0, 0.05) is 21.5 Å². The van der Waals surface area contributed by atoms with Gasteiger partial charge in [-0.05, 0) is 60.4 Å². The first-order chi connectivity index (χ1) is 13.6. The lowest BCUT2D eigenvalue weighted by molar-refractivity contribution is -0.135. The molecule has 154 valence electrons. The summed E-state index contributed by atoms with van der Waals surface area (Å²) in [6, 6.07) is 6.40. The van der Waals surface area contributed by atoms with Crippen molar-refractivity contribution in [1.82, 2.24) is 5.32 Å². The van der Waals surface area contributed by atoms with Crippen LogP contribution in [0.4, 0.5) is 5.69 Å². The monoisotopic (exact) mass is 414 g/mol. The van der Waals surface area contributed by atoms with E-state index < -0.39 is 18.4 Å². The van der Waals surface area contributed by atoms with Crippen LogP contribution in [0.3, 0.4) is 0 Å². The average Bonchev–Trinajstić information content (AvgIpc) is 3.09. The van der Waals surface area contributed by atoms with E-state index >= 15 is 0 Å². The van der Waals surface area contributed by atoms with Gasteiger partial charge in [-0.2, -0.15) is 0 Å². The Hall–Kier alpha value is -2.67. The standard InChI is InChI=1S/C22H26N2O4S/c1-22(2,3)14-6-9-16-17(12-29-18(16)10-14)21(28)24-15-7-4-13(5-8-15)20(27)23-11-19(25)26/h4-5,7-8,12,14H,6,9-11H2,1-3H3,(H,23,27)(H,24,28)(H,25,26). The van der Waals surface area contributed by atoms with Gasteiger partial charge in [0.25, 0.3) is 11.8 Å². The molecule has 1 heterocycles. The molecule has 1 aromatic carbocycles. The molecule has 3 N–H and O–H groups in total. The zero-order chi connectivity index (χ0) is 21.2. The fourth-order valence-electron chi connectivity index (χ4n) is 3.60. The molecule has 29 heavy (non-hydrogen) atoms. The molecule has 7 heteroatoms. The third kappa shape index (κ3) is 5.03. The normalized spacial score (nSPS) is 16.0. The summed E-state index contributed by atoms with van der Waals surface area (Å²) >= 11 is 1.66. The first-order valence-corrected chi connectivity index (χ1v) is 10.5. The highest BCUT2D eigenvalue weighted by molar-refractivity contribution is 7.10. The van der Waals surface area contributed by atoms with E-state index in [4.69, 9.17) is 5.11 Å². The Morgan fingerprint density at radius 3 is 2.45 bits per heavy atom. The number of carboxylic acids is 1. The van der Waals surface area contributed by atoms with Gasteiger partial charge in [-0.1, -0.05) is 20.8 Å².